The van der Waals surface area contributed by atoms with Crippen LogP contribution in [0.3, 0.4) is 0 Å². The Bertz CT molecular complexity index is 616. The SMILES string of the molecule is CCCCS(C)(Br)CC(=O)c1ccc2c(C)coc2c1. The third-order valence-electron chi connectivity index (χ3n) is 3.45. The maximum atomic E-state index is 12.4. The van der Waals surface area contributed by atoms with Crippen LogP contribution in [0, 0.1) is 6.92 Å². The van der Waals surface area contributed by atoms with Crippen LogP contribution < -0.4 is 0 Å². The number of carbonyl (C=O) groups is 1. The molecule has 1 atom stereocenters. The van der Waals surface area contributed by atoms with Crippen LogP contribution in [0.5, 0.6) is 0 Å². The molecule has 0 fully saturated rings. The van der Waals surface area contributed by atoms with Gasteiger partial charge in [0.15, 0.2) is 5.78 Å². The lowest BCUT2D eigenvalue weighted by molar-refractivity contribution is 0.102. The molecule has 0 N–H and O–H groups in total. The van der Waals surface area contributed by atoms with Gasteiger partial charge in [-0.1, -0.05) is 25.5 Å². The quantitative estimate of drug-likeness (QED) is 0.642. The van der Waals surface area contributed by atoms with E-state index in [0.29, 0.717) is 5.75 Å². The minimum Gasteiger partial charge on any atom is -0.464 e. The minimum absolute atomic E-state index is 0.200. The first-order valence-electron chi connectivity index (χ1n) is 6.87. The zero-order valence-corrected chi connectivity index (χ0v) is 14.6. The summed E-state index contributed by atoms with van der Waals surface area (Å²) in [7, 11) is -1.01. The number of ketones is 1. The van der Waals surface area contributed by atoms with Crippen molar-refractivity contribution >= 4 is 40.0 Å². The number of rotatable bonds is 6. The summed E-state index contributed by atoms with van der Waals surface area (Å²) in [5.41, 5.74) is 2.66. The number of aryl methyl sites for hydroxylation is 1. The highest BCUT2D eigenvalue weighted by atomic mass is 79.9. The third kappa shape index (κ3) is 3.67. The average Bonchev–Trinajstić information content (AvgIpc) is 2.77. The molecule has 110 valence electrons. The monoisotopic (exact) mass is 356 g/mol. The van der Waals surface area contributed by atoms with Gasteiger partial charge in [0.1, 0.15) is 5.58 Å². The van der Waals surface area contributed by atoms with E-state index in [1.54, 1.807) is 6.26 Å². The molecule has 0 saturated carbocycles. The largest absolute Gasteiger partial charge is 0.464 e. The standard InChI is InChI=1S/C16H21BrO2S/c1-4-5-8-20(3,17)11-15(18)13-6-7-14-12(2)10-19-16(14)9-13/h6-7,9-10H,4-5,8,11H2,1-3H3. The normalized spacial score (nSPS) is 16.0. The molecule has 0 radical (unpaired) electrons. The van der Waals surface area contributed by atoms with E-state index in [9.17, 15) is 4.79 Å². The topological polar surface area (TPSA) is 30.2 Å². The maximum absolute atomic E-state index is 12.4. The summed E-state index contributed by atoms with van der Waals surface area (Å²) in [6, 6.07) is 5.76. The molecule has 1 heterocycles. The molecule has 0 aliphatic heterocycles. The lowest BCUT2D eigenvalue weighted by Gasteiger charge is -2.27. The number of unbranched alkanes of at least 4 members (excludes halogenated alkanes) is 1. The predicted octanol–water partition coefficient (Wildman–Crippen LogP) is 5.47. The van der Waals surface area contributed by atoms with Crippen molar-refractivity contribution < 1.29 is 9.21 Å². The van der Waals surface area contributed by atoms with E-state index >= 15 is 0 Å². The first-order chi connectivity index (χ1) is 9.43. The molecule has 0 saturated heterocycles. The number of hydrogen-bond acceptors (Lipinski definition) is 2. The molecule has 2 nitrogen and oxygen atoms in total. The summed E-state index contributed by atoms with van der Waals surface area (Å²) in [6.45, 7) is 4.19. The first kappa shape index (κ1) is 15.6. The Labute approximate surface area is 129 Å². The van der Waals surface area contributed by atoms with Crippen LogP contribution in [-0.2, 0) is 0 Å². The molecule has 0 aliphatic rings. The molecule has 4 heteroatoms. The molecule has 1 unspecified atom stereocenters. The zero-order chi connectivity index (χ0) is 14.8. The fourth-order valence-electron chi connectivity index (χ4n) is 2.21. The van der Waals surface area contributed by atoms with Gasteiger partial charge < -0.3 is 4.42 Å². The first-order valence-corrected chi connectivity index (χ1v) is 11.1. The van der Waals surface area contributed by atoms with Gasteiger partial charge in [0.25, 0.3) is 0 Å². The second kappa shape index (κ2) is 6.35. The summed E-state index contributed by atoms with van der Waals surface area (Å²) in [5, 5.41) is 1.08. The molecule has 0 amide bonds. The molecule has 0 spiro atoms. The molecule has 1 aromatic carbocycles. The van der Waals surface area contributed by atoms with E-state index in [0.717, 1.165) is 27.8 Å². The van der Waals surface area contributed by atoms with Crippen molar-refractivity contribution in [3.05, 3.63) is 35.6 Å². The fraction of sp³-hybridized carbons (Fsp3) is 0.438. The van der Waals surface area contributed by atoms with E-state index in [1.807, 2.05) is 25.1 Å². The van der Waals surface area contributed by atoms with Crippen LogP contribution in [-0.4, -0.2) is 23.5 Å². The molecule has 0 aliphatic carbocycles. The van der Waals surface area contributed by atoms with Crippen molar-refractivity contribution in [1.82, 2.24) is 0 Å². The molecule has 0 bridgehead atoms. The summed E-state index contributed by atoms with van der Waals surface area (Å²) < 4.78 is 5.48. The van der Waals surface area contributed by atoms with Gasteiger partial charge in [-0.25, -0.2) is 0 Å². The highest BCUT2D eigenvalue weighted by Crippen LogP contribution is 2.52. The maximum Gasteiger partial charge on any atom is 0.172 e. The number of halogens is 1. The summed E-state index contributed by atoms with van der Waals surface area (Å²) in [6.07, 6.45) is 6.25. The van der Waals surface area contributed by atoms with Gasteiger partial charge in [-0.05, 0) is 51.8 Å². The third-order valence-corrected chi connectivity index (χ3v) is 7.11. The van der Waals surface area contributed by atoms with E-state index in [2.05, 4.69) is 28.0 Å². The lowest BCUT2D eigenvalue weighted by Crippen LogP contribution is -2.11. The van der Waals surface area contributed by atoms with Crippen LogP contribution in [0.15, 0.2) is 28.9 Å². The van der Waals surface area contributed by atoms with Crippen molar-refractivity contribution in [2.75, 3.05) is 17.8 Å². The average molecular weight is 357 g/mol. The highest BCUT2D eigenvalue weighted by molar-refractivity contribution is 9.58. The number of furan rings is 1. The van der Waals surface area contributed by atoms with Crippen molar-refractivity contribution in [1.29, 1.82) is 0 Å². The molecular formula is C16H21BrO2S. The molecular weight excluding hydrogens is 336 g/mol. The Morgan fingerprint density at radius 1 is 1.40 bits per heavy atom. The van der Waals surface area contributed by atoms with E-state index in [4.69, 9.17) is 4.42 Å². The molecule has 1 aromatic heterocycles. The Balaban J connectivity index is 2.14. The van der Waals surface area contributed by atoms with Gasteiger partial charge in [-0.15, -0.1) is 0 Å². The summed E-state index contributed by atoms with van der Waals surface area (Å²) in [5.74, 6) is 1.89. The second-order valence-electron chi connectivity index (χ2n) is 5.41. The summed E-state index contributed by atoms with van der Waals surface area (Å²) >= 11 is 3.77. The Kier molecular flexibility index (Phi) is 4.97. The molecule has 20 heavy (non-hydrogen) atoms. The lowest BCUT2D eigenvalue weighted by atomic mass is 10.1. The van der Waals surface area contributed by atoms with Crippen molar-refractivity contribution in [2.45, 2.75) is 26.7 Å². The van der Waals surface area contributed by atoms with E-state index in [1.165, 1.54) is 12.8 Å². The van der Waals surface area contributed by atoms with Crippen LogP contribution in [0.25, 0.3) is 11.0 Å². The van der Waals surface area contributed by atoms with E-state index in [-0.39, 0.29) is 5.78 Å². The van der Waals surface area contributed by atoms with Crippen LogP contribution in [0.2, 0.25) is 0 Å². The van der Waals surface area contributed by atoms with Crippen molar-refractivity contribution in [2.24, 2.45) is 0 Å². The molecule has 2 aromatic rings. The van der Waals surface area contributed by atoms with Crippen LogP contribution in [0.4, 0.5) is 0 Å². The van der Waals surface area contributed by atoms with E-state index < -0.39 is 8.46 Å². The van der Waals surface area contributed by atoms with Crippen LogP contribution in [0.1, 0.15) is 35.7 Å². The number of benzene rings is 1. The predicted molar refractivity (Wildman–Crippen MR) is 92.4 cm³/mol. The number of fused-ring (bicyclic) bond motifs is 1. The number of Topliss-reactive ketones (excluding diaryl/α,β-unsaturated/α-hetero) is 1. The Morgan fingerprint density at radius 2 is 2.15 bits per heavy atom. The van der Waals surface area contributed by atoms with Gasteiger partial charge in [-0.2, -0.15) is 8.46 Å². The van der Waals surface area contributed by atoms with Crippen LogP contribution >= 0.6 is 23.3 Å². The van der Waals surface area contributed by atoms with Gasteiger partial charge >= 0.3 is 0 Å². The highest BCUT2D eigenvalue weighted by Gasteiger charge is 2.20. The summed E-state index contributed by atoms with van der Waals surface area (Å²) in [4.78, 5) is 12.4. The zero-order valence-electron chi connectivity index (χ0n) is 12.2. The Hall–Kier alpha value is -0.740. The fourth-order valence-corrected chi connectivity index (χ4v) is 5.27. The minimum atomic E-state index is -1.01. The smallest absolute Gasteiger partial charge is 0.172 e. The van der Waals surface area contributed by atoms with Gasteiger partial charge in [0.05, 0.1) is 6.26 Å². The van der Waals surface area contributed by atoms with Gasteiger partial charge in [-0.3, -0.25) is 4.79 Å². The number of hydrogen-bond donors (Lipinski definition) is 0. The second-order valence-corrected chi connectivity index (χ2v) is 13.1. The van der Waals surface area contributed by atoms with Crippen molar-refractivity contribution in [3.8, 4) is 0 Å². The molecule has 2 rings (SSSR count). The van der Waals surface area contributed by atoms with Gasteiger partial charge in [0.2, 0.25) is 0 Å². The number of carbonyl (C=O) groups excluding carboxylic acids is 1. The van der Waals surface area contributed by atoms with Crippen molar-refractivity contribution in [3.63, 3.8) is 0 Å². The van der Waals surface area contributed by atoms with Gasteiger partial charge in [0, 0.05) is 16.7 Å². The Morgan fingerprint density at radius 3 is 2.85 bits per heavy atom.